The van der Waals surface area contributed by atoms with Crippen LogP contribution < -0.4 is 11.1 Å². The predicted octanol–water partition coefficient (Wildman–Crippen LogP) is 3.01. The lowest BCUT2D eigenvalue weighted by Gasteiger charge is -2.16. The van der Waals surface area contributed by atoms with E-state index in [0.29, 0.717) is 30.4 Å². The summed E-state index contributed by atoms with van der Waals surface area (Å²) in [6.45, 7) is 3.21. The van der Waals surface area contributed by atoms with Gasteiger partial charge in [-0.05, 0) is 43.8 Å². The van der Waals surface area contributed by atoms with Crippen LogP contribution in [0, 0.1) is 18.3 Å². The monoisotopic (exact) mass is 359 g/mol. The third-order valence-corrected chi connectivity index (χ3v) is 3.93. The van der Waals surface area contributed by atoms with Crippen LogP contribution in [-0.2, 0) is 13.1 Å². The van der Waals surface area contributed by atoms with Crippen LogP contribution in [0.15, 0.2) is 48.5 Å². The Bertz CT molecular complexity index is 961. The summed E-state index contributed by atoms with van der Waals surface area (Å²) in [4.78, 5) is 14.9. The molecule has 0 aliphatic heterocycles. The Labute approximate surface area is 158 Å². The lowest BCUT2D eigenvalue weighted by Crippen LogP contribution is -2.20. The molecule has 3 rings (SSSR count). The maximum atomic E-state index is 9.02. The van der Waals surface area contributed by atoms with Crippen LogP contribution in [0.25, 0.3) is 0 Å². The van der Waals surface area contributed by atoms with Gasteiger partial charge in [0.1, 0.15) is 5.82 Å². The summed E-state index contributed by atoms with van der Waals surface area (Å²) in [6.07, 6.45) is 0. The molecule has 0 aliphatic rings. The summed E-state index contributed by atoms with van der Waals surface area (Å²) in [5, 5.41) is 12.2. The lowest BCUT2D eigenvalue weighted by atomic mass is 10.1. The Hall–Kier alpha value is -3.50. The molecule has 0 aliphatic carbocycles. The highest BCUT2D eigenvalue weighted by molar-refractivity contribution is 5.54. The first-order valence-corrected chi connectivity index (χ1v) is 8.53. The van der Waals surface area contributed by atoms with Crippen LogP contribution in [0.3, 0.4) is 0 Å². The maximum absolute atomic E-state index is 9.02. The van der Waals surface area contributed by atoms with Crippen molar-refractivity contribution in [1.82, 2.24) is 19.9 Å². The van der Waals surface area contributed by atoms with Crippen molar-refractivity contribution in [1.29, 1.82) is 5.26 Å². The van der Waals surface area contributed by atoms with E-state index in [9.17, 15) is 0 Å². The molecular formula is C20H21N7. The minimum absolute atomic E-state index is 0.175. The summed E-state index contributed by atoms with van der Waals surface area (Å²) in [5.74, 6) is 1.17. The van der Waals surface area contributed by atoms with Gasteiger partial charge in [0.05, 0.1) is 18.2 Å². The number of anilines is 3. The van der Waals surface area contributed by atoms with Crippen LogP contribution >= 0.6 is 0 Å². The molecule has 0 saturated heterocycles. The highest BCUT2D eigenvalue weighted by Gasteiger charge is 2.09. The zero-order chi connectivity index (χ0) is 19.2. The van der Waals surface area contributed by atoms with Crippen molar-refractivity contribution in [2.24, 2.45) is 0 Å². The number of aromatic nitrogens is 3. The molecule has 0 saturated carbocycles. The van der Waals surface area contributed by atoms with Gasteiger partial charge < -0.3 is 11.1 Å². The van der Waals surface area contributed by atoms with Crippen molar-refractivity contribution in [3.05, 3.63) is 71.0 Å². The standard InChI is InChI=1S/C20H21N7/c1-14-6-8-17(9-7-14)23-20-25-18(24-19(22)26-20)13-27(2)12-16-5-3-4-15(10-16)11-21/h3-10H,12-13H2,1-2H3,(H3,22,23,24,25,26). The van der Waals surface area contributed by atoms with Crippen LogP contribution in [0.4, 0.5) is 17.6 Å². The van der Waals surface area contributed by atoms with Crippen molar-refractivity contribution in [3.63, 3.8) is 0 Å². The van der Waals surface area contributed by atoms with Crippen LogP contribution in [0.1, 0.15) is 22.5 Å². The molecule has 0 fully saturated rings. The molecular weight excluding hydrogens is 338 g/mol. The molecule has 7 nitrogen and oxygen atoms in total. The zero-order valence-electron chi connectivity index (χ0n) is 15.3. The van der Waals surface area contributed by atoms with E-state index < -0.39 is 0 Å². The molecule has 3 aromatic rings. The second-order valence-corrected chi connectivity index (χ2v) is 6.41. The number of nitriles is 1. The molecule has 2 aromatic carbocycles. The van der Waals surface area contributed by atoms with E-state index in [2.05, 4.69) is 31.2 Å². The first kappa shape index (κ1) is 18.3. The van der Waals surface area contributed by atoms with E-state index in [1.807, 2.05) is 56.4 Å². The van der Waals surface area contributed by atoms with Crippen LogP contribution in [0.2, 0.25) is 0 Å². The number of benzene rings is 2. The number of nitrogens with zero attached hydrogens (tertiary/aromatic N) is 5. The maximum Gasteiger partial charge on any atom is 0.232 e. The van der Waals surface area contributed by atoms with Gasteiger partial charge in [0.2, 0.25) is 11.9 Å². The quantitative estimate of drug-likeness (QED) is 0.697. The first-order valence-electron chi connectivity index (χ1n) is 8.53. The molecule has 27 heavy (non-hydrogen) atoms. The van der Waals surface area contributed by atoms with E-state index in [-0.39, 0.29) is 5.95 Å². The summed E-state index contributed by atoms with van der Waals surface area (Å²) >= 11 is 0. The van der Waals surface area contributed by atoms with Crippen molar-refractivity contribution in [2.45, 2.75) is 20.0 Å². The van der Waals surface area contributed by atoms with Gasteiger partial charge in [-0.15, -0.1) is 0 Å². The largest absolute Gasteiger partial charge is 0.368 e. The van der Waals surface area contributed by atoms with Gasteiger partial charge >= 0.3 is 0 Å². The Morgan fingerprint density at radius 2 is 1.85 bits per heavy atom. The second kappa shape index (κ2) is 8.25. The minimum atomic E-state index is 0.175. The molecule has 7 heteroatoms. The Morgan fingerprint density at radius 1 is 1.07 bits per heavy atom. The molecule has 3 N–H and O–H groups in total. The molecule has 0 radical (unpaired) electrons. The summed E-state index contributed by atoms with van der Waals surface area (Å²) in [7, 11) is 1.96. The molecule has 1 heterocycles. The number of aryl methyl sites for hydroxylation is 1. The second-order valence-electron chi connectivity index (χ2n) is 6.41. The minimum Gasteiger partial charge on any atom is -0.368 e. The van der Waals surface area contributed by atoms with E-state index in [1.54, 1.807) is 6.07 Å². The fourth-order valence-corrected chi connectivity index (χ4v) is 2.68. The molecule has 0 amide bonds. The summed E-state index contributed by atoms with van der Waals surface area (Å²) < 4.78 is 0. The Kier molecular flexibility index (Phi) is 5.59. The van der Waals surface area contributed by atoms with E-state index >= 15 is 0 Å². The average Bonchev–Trinajstić information content (AvgIpc) is 2.63. The van der Waals surface area contributed by atoms with Crippen LogP contribution in [-0.4, -0.2) is 26.9 Å². The van der Waals surface area contributed by atoms with E-state index in [1.165, 1.54) is 5.56 Å². The predicted molar refractivity (Wildman–Crippen MR) is 105 cm³/mol. The normalized spacial score (nSPS) is 10.6. The summed E-state index contributed by atoms with van der Waals surface area (Å²) in [5.41, 5.74) is 9.61. The van der Waals surface area contributed by atoms with Crippen molar-refractivity contribution >= 4 is 17.6 Å². The van der Waals surface area contributed by atoms with E-state index in [0.717, 1.165) is 11.3 Å². The number of rotatable bonds is 6. The van der Waals surface area contributed by atoms with Crippen LogP contribution in [0.5, 0.6) is 0 Å². The highest BCUT2D eigenvalue weighted by atomic mass is 15.2. The Balaban J connectivity index is 1.69. The number of nitrogens with two attached hydrogens (primary N) is 1. The number of nitrogen functional groups attached to an aromatic ring is 1. The number of hydrogen-bond acceptors (Lipinski definition) is 7. The number of hydrogen-bond donors (Lipinski definition) is 2. The molecule has 0 spiro atoms. The topological polar surface area (TPSA) is 104 Å². The van der Waals surface area contributed by atoms with Gasteiger partial charge in [-0.1, -0.05) is 29.8 Å². The first-order chi connectivity index (χ1) is 13.0. The molecule has 0 unspecified atom stereocenters. The molecule has 1 aromatic heterocycles. The third-order valence-electron chi connectivity index (χ3n) is 3.93. The zero-order valence-corrected chi connectivity index (χ0v) is 15.3. The average molecular weight is 359 g/mol. The van der Waals surface area contributed by atoms with Gasteiger partial charge in [-0.3, -0.25) is 4.90 Å². The number of nitrogens with one attached hydrogen (secondary N) is 1. The van der Waals surface area contributed by atoms with Gasteiger partial charge in [0.15, 0.2) is 0 Å². The molecule has 136 valence electrons. The van der Waals surface area contributed by atoms with Gasteiger partial charge in [-0.2, -0.15) is 20.2 Å². The fraction of sp³-hybridized carbons (Fsp3) is 0.200. The molecule has 0 bridgehead atoms. The summed E-state index contributed by atoms with van der Waals surface area (Å²) in [6, 6.07) is 17.6. The SMILES string of the molecule is Cc1ccc(Nc2nc(N)nc(CN(C)Cc3cccc(C#N)c3)n2)cc1. The highest BCUT2D eigenvalue weighted by Crippen LogP contribution is 2.15. The Morgan fingerprint density at radius 3 is 2.59 bits per heavy atom. The van der Waals surface area contributed by atoms with Crippen molar-refractivity contribution < 1.29 is 0 Å². The van der Waals surface area contributed by atoms with Gasteiger partial charge in [-0.25, -0.2) is 0 Å². The smallest absolute Gasteiger partial charge is 0.232 e. The fourth-order valence-electron chi connectivity index (χ4n) is 2.68. The van der Waals surface area contributed by atoms with Gasteiger partial charge in [0.25, 0.3) is 0 Å². The molecule has 0 atom stereocenters. The third kappa shape index (κ3) is 5.23. The lowest BCUT2D eigenvalue weighted by molar-refractivity contribution is 0.310. The van der Waals surface area contributed by atoms with E-state index in [4.69, 9.17) is 11.0 Å². The van der Waals surface area contributed by atoms with Gasteiger partial charge in [0, 0.05) is 12.2 Å². The van der Waals surface area contributed by atoms with Crippen molar-refractivity contribution in [2.75, 3.05) is 18.1 Å². The van der Waals surface area contributed by atoms with Crippen molar-refractivity contribution in [3.8, 4) is 6.07 Å².